The molecule has 18 heavy (non-hydrogen) atoms. The fraction of sp³-hybridized carbons (Fsp3) is 0.200. The molecule has 1 nitrogen and oxygen atoms in total. The summed E-state index contributed by atoms with van der Waals surface area (Å²) < 4.78 is 14.5. The Morgan fingerprint density at radius 3 is 2.67 bits per heavy atom. The molecule has 0 heterocycles. The van der Waals surface area contributed by atoms with Gasteiger partial charge in [0, 0.05) is 22.3 Å². The number of rotatable bonds is 3. The van der Waals surface area contributed by atoms with Crippen molar-refractivity contribution in [3.8, 4) is 0 Å². The van der Waals surface area contributed by atoms with Crippen molar-refractivity contribution in [3.63, 3.8) is 0 Å². The molecule has 0 aliphatic heterocycles. The highest BCUT2D eigenvalue weighted by atomic mass is 79.9. The maximum atomic E-state index is 13.6. The molecule has 3 heteroatoms. The highest BCUT2D eigenvalue weighted by Gasteiger charge is 2.04. The molecule has 0 bridgehead atoms. The number of halogens is 2. The van der Waals surface area contributed by atoms with E-state index in [2.05, 4.69) is 39.4 Å². The van der Waals surface area contributed by atoms with Crippen molar-refractivity contribution in [1.29, 1.82) is 0 Å². The summed E-state index contributed by atoms with van der Waals surface area (Å²) in [6.07, 6.45) is 0. The van der Waals surface area contributed by atoms with Gasteiger partial charge in [0.1, 0.15) is 5.82 Å². The van der Waals surface area contributed by atoms with Crippen molar-refractivity contribution in [2.24, 2.45) is 0 Å². The van der Waals surface area contributed by atoms with Gasteiger partial charge in [-0.3, -0.25) is 0 Å². The largest absolute Gasteiger partial charge is 0.381 e. The number of hydrogen-bond donors (Lipinski definition) is 1. The van der Waals surface area contributed by atoms with Crippen molar-refractivity contribution >= 4 is 21.6 Å². The van der Waals surface area contributed by atoms with Crippen molar-refractivity contribution in [3.05, 3.63) is 63.4 Å². The Hall–Kier alpha value is -1.35. The van der Waals surface area contributed by atoms with Crippen LogP contribution in [0.3, 0.4) is 0 Å². The Kier molecular flexibility index (Phi) is 4.02. The fourth-order valence-electron chi connectivity index (χ4n) is 1.80. The Morgan fingerprint density at radius 1 is 1.11 bits per heavy atom. The molecule has 0 saturated carbocycles. The molecule has 0 fully saturated rings. The number of benzene rings is 2. The van der Waals surface area contributed by atoms with Crippen LogP contribution in [0.2, 0.25) is 0 Å². The van der Waals surface area contributed by atoms with Gasteiger partial charge in [-0.2, -0.15) is 0 Å². The van der Waals surface area contributed by atoms with Crippen LogP contribution in [0.15, 0.2) is 40.9 Å². The zero-order valence-electron chi connectivity index (χ0n) is 10.4. The molecule has 2 rings (SSSR count). The second-order valence-corrected chi connectivity index (χ2v) is 5.32. The molecular formula is C15H15BrFN. The summed E-state index contributed by atoms with van der Waals surface area (Å²) in [7, 11) is 0. The lowest BCUT2D eigenvalue weighted by molar-refractivity contribution is 0.612. The van der Waals surface area contributed by atoms with E-state index in [1.165, 1.54) is 11.6 Å². The third kappa shape index (κ3) is 3.10. The van der Waals surface area contributed by atoms with Crippen molar-refractivity contribution in [2.45, 2.75) is 20.4 Å². The van der Waals surface area contributed by atoms with Crippen LogP contribution in [0.25, 0.3) is 0 Å². The summed E-state index contributed by atoms with van der Waals surface area (Å²) in [5, 5.41) is 3.28. The first-order valence-corrected chi connectivity index (χ1v) is 6.60. The zero-order chi connectivity index (χ0) is 13.1. The number of aryl methyl sites for hydroxylation is 2. The second kappa shape index (κ2) is 5.53. The lowest BCUT2D eigenvalue weighted by Crippen LogP contribution is -2.03. The monoisotopic (exact) mass is 307 g/mol. The quantitative estimate of drug-likeness (QED) is 0.857. The molecule has 0 radical (unpaired) electrons. The first-order valence-electron chi connectivity index (χ1n) is 5.81. The van der Waals surface area contributed by atoms with Crippen LogP contribution < -0.4 is 5.32 Å². The van der Waals surface area contributed by atoms with Gasteiger partial charge < -0.3 is 5.32 Å². The normalized spacial score (nSPS) is 10.4. The van der Waals surface area contributed by atoms with Gasteiger partial charge in [-0.05, 0) is 49.2 Å². The van der Waals surface area contributed by atoms with Crippen molar-refractivity contribution in [2.75, 3.05) is 5.32 Å². The van der Waals surface area contributed by atoms with Gasteiger partial charge >= 0.3 is 0 Å². The molecule has 0 amide bonds. The summed E-state index contributed by atoms with van der Waals surface area (Å²) in [6.45, 7) is 4.57. The molecule has 0 spiro atoms. The Balaban J connectivity index is 2.16. The van der Waals surface area contributed by atoms with E-state index in [-0.39, 0.29) is 5.82 Å². The average molecular weight is 308 g/mol. The van der Waals surface area contributed by atoms with Crippen LogP contribution >= 0.6 is 15.9 Å². The molecule has 0 atom stereocenters. The smallest absolute Gasteiger partial charge is 0.128 e. The van der Waals surface area contributed by atoms with Gasteiger partial charge in [0.05, 0.1) is 0 Å². The summed E-state index contributed by atoms with van der Waals surface area (Å²) in [5.74, 6) is -0.184. The second-order valence-electron chi connectivity index (χ2n) is 4.41. The highest BCUT2D eigenvalue weighted by Crippen LogP contribution is 2.20. The summed E-state index contributed by atoms with van der Waals surface area (Å²) in [4.78, 5) is 0. The van der Waals surface area contributed by atoms with E-state index in [9.17, 15) is 4.39 Å². The van der Waals surface area contributed by atoms with Crippen LogP contribution in [0, 0.1) is 19.7 Å². The van der Waals surface area contributed by atoms with E-state index in [0.717, 1.165) is 15.7 Å². The van der Waals surface area contributed by atoms with Gasteiger partial charge in [0.25, 0.3) is 0 Å². The maximum absolute atomic E-state index is 13.6. The van der Waals surface area contributed by atoms with Gasteiger partial charge in [-0.25, -0.2) is 4.39 Å². The van der Waals surface area contributed by atoms with E-state index in [1.807, 2.05) is 13.8 Å². The summed E-state index contributed by atoms with van der Waals surface area (Å²) >= 11 is 3.35. The van der Waals surface area contributed by atoms with Gasteiger partial charge in [0.15, 0.2) is 0 Å². The van der Waals surface area contributed by atoms with Crippen LogP contribution in [-0.4, -0.2) is 0 Å². The molecule has 1 N–H and O–H groups in total. The number of hydrogen-bond acceptors (Lipinski definition) is 1. The molecule has 0 aliphatic carbocycles. The van der Waals surface area contributed by atoms with Crippen LogP contribution in [0.4, 0.5) is 10.1 Å². The number of nitrogens with one attached hydrogen (secondary N) is 1. The minimum atomic E-state index is -0.184. The average Bonchev–Trinajstić information content (AvgIpc) is 2.34. The molecule has 0 aromatic heterocycles. The lowest BCUT2D eigenvalue weighted by Gasteiger charge is -2.11. The van der Waals surface area contributed by atoms with E-state index < -0.39 is 0 Å². The Morgan fingerprint density at radius 2 is 1.89 bits per heavy atom. The van der Waals surface area contributed by atoms with Crippen LogP contribution in [-0.2, 0) is 6.54 Å². The predicted octanol–water partition coefficient (Wildman–Crippen LogP) is 4.82. The SMILES string of the molecule is Cc1ccc(C)c(NCc2cc(Br)ccc2F)c1. The molecule has 94 valence electrons. The summed E-state index contributed by atoms with van der Waals surface area (Å²) in [6, 6.07) is 11.2. The fourth-order valence-corrected chi connectivity index (χ4v) is 2.20. The predicted molar refractivity (Wildman–Crippen MR) is 77.3 cm³/mol. The third-order valence-corrected chi connectivity index (χ3v) is 3.36. The molecule has 0 aliphatic rings. The van der Waals surface area contributed by atoms with E-state index >= 15 is 0 Å². The van der Waals surface area contributed by atoms with Crippen LogP contribution in [0.5, 0.6) is 0 Å². The van der Waals surface area contributed by atoms with Crippen molar-refractivity contribution in [1.82, 2.24) is 0 Å². The van der Waals surface area contributed by atoms with E-state index in [4.69, 9.17) is 0 Å². The van der Waals surface area contributed by atoms with Crippen molar-refractivity contribution < 1.29 is 4.39 Å². The number of anilines is 1. The highest BCUT2D eigenvalue weighted by molar-refractivity contribution is 9.10. The maximum Gasteiger partial charge on any atom is 0.128 e. The standard InChI is InChI=1S/C15H15BrFN/c1-10-3-4-11(2)15(7-10)18-9-12-8-13(16)5-6-14(12)17/h3-8,18H,9H2,1-2H3. The molecule has 2 aromatic carbocycles. The van der Waals surface area contributed by atoms with E-state index in [1.54, 1.807) is 12.1 Å². The molecular weight excluding hydrogens is 293 g/mol. The van der Waals surface area contributed by atoms with Crippen LogP contribution in [0.1, 0.15) is 16.7 Å². The van der Waals surface area contributed by atoms with Gasteiger partial charge in [0.2, 0.25) is 0 Å². The first kappa shape index (κ1) is 13.1. The zero-order valence-corrected chi connectivity index (χ0v) is 12.0. The molecule has 0 saturated heterocycles. The Labute approximate surface area is 115 Å². The lowest BCUT2D eigenvalue weighted by atomic mass is 10.1. The van der Waals surface area contributed by atoms with E-state index in [0.29, 0.717) is 12.1 Å². The molecule has 2 aromatic rings. The summed E-state index contributed by atoms with van der Waals surface area (Å²) in [5.41, 5.74) is 4.06. The molecule has 0 unspecified atom stereocenters. The van der Waals surface area contributed by atoms with Gasteiger partial charge in [-0.1, -0.05) is 28.1 Å². The third-order valence-electron chi connectivity index (χ3n) is 2.87. The first-order chi connectivity index (χ1) is 8.56. The van der Waals surface area contributed by atoms with Gasteiger partial charge in [-0.15, -0.1) is 0 Å². The minimum absolute atomic E-state index is 0.184. The minimum Gasteiger partial charge on any atom is -0.381 e. The Bertz CT molecular complexity index is 515. The topological polar surface area (TPSA) is 12.0 Å².